The zero-order valence-corrected chi connectivity index (χ0v) is 9.43. The molecule has 6 heteroatoms. The minimum absolute atomic E-state index is 0.0442. The Morgan fingerprint density at radius 1 is 1.57 bits per heavy atom. The standard InChI is InChI=1S/C8H18N2O3S/c1-7(2)14(11,12)10-6-8-5-9-3-4-13-8/h7-10H,3-6H2,1-2H3. The van der Waals surface area contributed by atoms with Crippen LogP contribution in [0.1, 0.15) is 13.8 Å². The second-order valence-electron chi connectivity index (χ2n) is 3.64. The third kappa shape index (κ3) is 3.53. The normalized spacial score (nSPS) is 24.1. The van der Waals surface area contributed by atoms with Crippen molar-refractivity contribution in [1.82, 2.24) is 10.0 Å². The summed E-state index contributed by atoms with van der Waals surface area (Å²) in [5, 5.41) is 2.75. The summed E-state index contributed by atoms with van der Waals surface area (Å²) in [5.74, 6) is 0. The van der Waals surface area contributed by atoms with Gasteiger partial charge in [-0.2, -0.15) is 0 Å². The highest BCUT2D eigenvalue weighted by Crippen LogP contribution is 1.99. The number of hydrogen-bond donors (Lipinski definition) is 2. The van der Waals surface area contributed by atoms with Crippen LogP contribution in [0.5, 0.6) is 0 Å². The van der Waals surface area contributed by atoms with E-state index in [0.717, 1.165) is 6.54 Å². The van der Waals surface area contributed by atoms with Crippen molar-refractivity contribution in [2.45, 2.75) is 25.2 Å². The van der Waals surface area contributed by atoms with Gasteiger partial charge in [-0.15, -0.1) is 0 Å². The van der Waals surface area contributed by atoms with E-state index in [0.29, 0.717) is 19.7 Å². The predicted molar refractivity (Wildman–Crippen MR) is 54.7 cm³/mol. The summed E-state index contributed by atoms with van der Waals surface area (Å²) in [6.07, 6.45) is -0.0442. The molecule has 1 aliphatic heterocycles. The maximum Gasteiger partial charge on any atom is 0.214 e. The molecule has 0 spiro atoms. The van der Waals surface area contributed by atoms with Crippen molar-refractivity contribution in [2.75, 3.05) is 26.2 Å². The maximum atomic E-state index is 11.4. The Balaban J connectivity index is 2.32. The van der Waals surface area contributed by atoms with Gasteiger partial charge in [-0.3, -0.25) is 0 Å². The van der Waals surface area contributed by atoms with Gasteiger partial charge >= 0.3 is 0 Å². The van der Waals surface area contributed by atoms with Crippen molar-refractivity contribution >= 4 is 10.0 Å². The van der Waals surface area contributed by atoms with Gasteiger partial charge in [-0.05, 0) is 13.8 Å². The molecule has 1 saturated heterocycles. The van der Waals surface area contributed by atoms with E-state index in [9.17, 15) is 8.42 Å². The molecule has 0 saturated carbocycles. The maximum absolute atomic E-state index is 11.4. The number of nitrogens with one attached hydrogen (secondary N) is 2. The van der Waals surface area contributed by atoms with Gasteiger partial charge in [0.25, 0.3) is 0 Å². The van der Waals surface area contributed by atoms with Gasteiger partial charge in [0.05, 0.1) is 18.0 Å². The molecular weight excluding hydrogens is 204 g/mol. The summed E-state index contributed by atoms with van der Waals surface area (Å²) < 4.78 is 30.7. The Hall–Kier alpha value is -0.170. The van der Waals surface area contributed by atoms with Gasteiger partial charge in [0.1, 0.15) is 0 Å². The predicted octanol–water partition coefficient (Wildman–Crippen LogP) is -0.697. The highest BCUT2D eigenvalue weighted by Gasteiger charge is 2.19. The number of hydrogen-bond acceptors (Lipinski definition) is 4. The Labute approximate surface area is 85.3 Å². The fourth-order valence-corrected chi connectivity index (χ4v) is 1.88. The topological polar surface area (TPSA) is 67.4 Å². The fourth-order valence-electron chi connectivity index (χ4n) is 1.13. The van der Waals surface area contributed by atoms with E-state index >= 15 is 0 Å². The molecule has 0 radical (unpaired) electrons. The summed E-state index contributed by atoms with van der Waals surface area (Å²) in [4.78, 5) is 0. The van der Waals surface area contributed by atoms with E-state index in [4.69, 9.17) is 4.74 Å². The third-order valence-electron chi connectivity index (χ3n) is 2.14. The van der Waals surface area contributed by atoms with Crippen LogP contribution < -0.4 is 10.0 Å². The van der Waals surface area contributed by atoms with Crippen LogP contribution in [-0.4, -0.2) is 46.0 Å². The average Bonchev–Trinajstić information content (AvgIpc) is 2.16. The lowest BCUT2D eigenvalue weighted by Gasteiger charge is -2.24. The molecule has 5 nitrogen and oxygen atoms in total. The summed E-state index contributed by atoms with van der Waals surface area (Å²) in [5.41, 5.74) is 0. The molecule has 1 fully saturated rings. The van der Waals surface area contributed by atoms with Crippen molar-refractivity contribution < 1.29 is 13.2 Å². The molecule has 0 aliphatic carbocycles. The van der Waals surface area contributed by atoms with Crippen molar-refractivity contribution in [3.8, 4) is 0 Å². The zero-order chi connectivity index (χ0) is 10.6. The van der Waals surface area contributed by atoms with Crippen molar-refractivity contribution in [2.24, 2.45) is 0 Å². The summed E-state index contributed by atoms with van der Waals surface area (Å²) in [6.45, 7) is 5.86. The summed E-state index contributed by atoms with van der Waals surface area (Å²) in [6, 6.07) is 0. The van der Waals surface area contributed by atoms with Crippen LogP contribution >= 0.6 is 0 Å². The van der Waals surface area contributed by atoms with Crippen LogP contribution in [-0.2, 0) is 14.8 Å². The molecule has 14 heavy (non-hydrogen) atoms. The lowest BCUT2D eigenvalue weighted by molar-refractivity contribution is 0.0324. The molecule has 0 bridgehead atoms. The molecule has 0 aromatic rings. The molecule has 1 unspecified atom stereocenters. The number of morpholine rings is 1. The van der Waals surface area contributed by atoms with E-state index in [2.05, 4.69) is 10.0 Å². The quantitative estimate of drug-likeness (QED) is 0.660. The van der Waals surface area contributed by atoms with Crippen LogP contribution in [0.4, 0.5) is 0 Å². The van der Waals surface area contributed by atoms with Gasteiger partial charge in [0.2, 0.25) is 10.0 Å². The monoisotopic (exact) mass is 222 g/mol. The van der Waals surface area contributed by atoms with Crippen molar-refractivity contribution in [3.63, 3.8) is 0 Å². The van der Waals surface area contributed by atoms with E-state index < -0.39 is 10.0 Å². The fraction of sp³-hybridized carbons (Fsp3) is 1.00. The smallest absolute Gasteiger partial charge is 0.214 e. The van der Waals surface area contributed by atoms with Crippen LogP contribution in [0.2, 0.25) is 0 Å². The lowest BCUT2D eigenvalue weighted by atomic mass is 10.3. The molecule has 1 rings (SSSR count). The summed E-state index contributed by atoms with van der Waals surface area (Å²) >= 11 is 0. The summed E-state index contributed by atoms with van der Waals surface area (Å²) in [7, 11) is -3.16. The van der Waals surface area contributed by atoms with E-state index in [1.54, 1.807) is 13.8 Å². The zero-order valence-electron chi connectivity index (χ0n) is 8.62. The second kappa shape index (κ2) is 5.06. The van der Waals surface area contributed by atoms with Gasteiger partial charge in [-0.1, -0.05) is 0 Å². The van der Waals surface area contributed by atoms with E-state index in [-0.39, 0.29) is 11.4 Å². The molecule has 0 aromatic heterocycles. The molecule has 0 amide bonds. The molecule has 0 aromatic carbocycles. The first-order valence-electron chi connectivity index (χ1n) is 4.83. The number of sulfonamides is 1. The lowest BCUT2D eigenvalue weighted by Crippen LogP contribution is -2.46. The highest BCUT2D eigenvalue weighted by atomic mass is 32.2. The third-order valence-corrected chi connectivity index (χ3v) is 3.95. The molecule has 2 N–H and O–H groups in total. The number of ether oxygens (including phenoxy) is 1. The van der Waals surface area contributed by atoms with Crippen molar-refractivity contribution in [1.29, 1.82) is 0 Å². The van der Waals surface area contributed by atoms with Gasteiger partial charge < -0.3 is 10.1 Å². The Bertz CT molecular complexity index is 258. The largest absolute Gasteiger partial charge is 0.374 e. The molecular formula is C8H18N2O3S. The van der Waals surface area contributed by atoms with Crippen LogP contribution in [0.3, 0.4) is 0 Å². The van der Waals surface area contributed by atoms with Crippen LogP contribution in [0, 0.1) is 0 Å². The second-order valence-corrected chi connectivity index (χ2v) is 5.96. The van der Waals surface area contributed by atoms with Gasteiger partial charge in [0.15, 0.2) is 0 Å². The van der Waals surface area contributed by atoms with E-state index in [1.807, 2.05) is 0 Å². The minimum Gasteiger partial charge on any atom is -0.374 e. The minimum atomic E-state index is -3.16. The molecule has 1 atom stereocenters. The number of rotatable bonds is 4. The molecule has 1 heterocycles. The first-order chi connectivity index (χ1) is 6.52. The first kappa shape index (κ1) is 11.9. The van der Waals surface area contributed by atoms with Crippen LogP contribution in [0.15, 0.2) is 0 Å². The Morgan fingerprint density at radius 2 is 2.29 bits per heavy atom. The molecule has 84 valence electrons. The highest BCUT2D eigenvalue weighted by molar-refractivity contribution is 7.90. The Kier molecular flexibility index (Phi) is 4.31. The first-order valence-corrected chi connectivity index (χ1v) is 6.38. The van der Waals surface area contributed by atoms with Gasteiger partial charge in [0, 0.05) is 19.6 Å². The van der Waals surface area contributed by atoms with Gasteiger partial charge in [-0.25, -0.2) is 13.1 Å². The SMILES string of the molecule is CC(C)S(=O)(=O)NCC1CNCCO1. The average molecular weight is 222 g/mol. The van der Waals surface area contributed by atoms with Crippen molar-refractivity contribution in [3.05, 3.63) is 0 Å². The Morgan fingerprint density at radius 3 is 2.79 bits per heavy atom. The van der Waals surface area contributed by atoms with E-state index in [1.165, 1.54) is 0 Å². The van der Waals surface area contributed by atoms with Crippen LogP contribution in [0.25, 0.3) is 0 Å². The molecule has 1 aliphatic rings.